The van der Waals surface area contributed by atoms with Crippen molar-refractivity contribution in [1.82, 2.24) is 15.2 Å². The molecule has 9 nitrogen and oxygen atoms in total. The van der Waals surface area contributed by atoms with Crippen LogP contribution in [-0.4, -0.2) is 96.1 Å². The third-order valence-corrected chi connectivity index (χ3v) is 7.81. The Morgan fingerprint density at radius 1 is 1.27 bits per heavy atom. The number of hydrogen-bond donors (Lipinski definition) is 1. The van der Waals surface area contributed by atoms with Gasteiger partial charge in [-0.05, 0) is 46.5 Å². The largest absolute Gasteiger partial charge is 0.407 e. The molecule has 0 saturated carbocycles. The maximum absolute atomic E-state index is 13.6. The minimum atomic E-state index is -4.37. The normalized spacial score (nSPS) is 35.2. The number of nitrogens with zero attached hydrogens (tertiary/aromatic N) is 5. The summed E-state index contributed by atoms with van der Waals surface area (Å²) in [6.07, 6.45) is -0.492. The number of halogens is 3. The zero-order valence-electron chi connectivity index (χ0n) is 22.2. The van der Waals surface area contributed by atoms with Crippen LogP contribution in [0.1, 0.15) is 47.5 Å². The molecule has 0 spiro atoms. The van der Waals surface area contributed by atoms with Crippen molar-refractivity contribution in [2.45, 2.75) is 83.5 Å². The quantitative estimate of drug-likeness (QED) is 0.575. The minimum absolute atomic E-state index is 0.00691. The summed E-state index contributed by atoms with van der Waals surface area (Å²) in [5, 5.41) is 7.83. The van der Waals surface area contributed by atoms with Crippen molar-refractivity contribution in [3.05, 3.63) is 0 Å². The standard InChI is InChI=1S/C25H37F3N6O3/c1-13(2)31-21(35)17-8-15(9-29-22(17)37-6)18-7-14(3)19-20(32-18)24(4,5)34(23(19)36)16-10-30-33(11-16)12-25(26,27)28/h9-10,13-19,22H,7-8,11-12H2,1-6H3,(H,31,35). The second kappa shape index (κ2) is 9.99. The summed E-state index contributed by atoms with van der Waals surface area (Å²) in [4.78, 5) is 37.7. The van der Waals surface area contributed by atoms with Crippen LogP contribution in [0.25, 0.3) is 0 Å². The Balaban J connectivity index is 1.56. The lowest BCUT2D eigenvalue weighted by Crippen LogP contribution is -2.53. The molecule has 0 radical (unpaired) electrons. The summed E-state index contributed by atoms with van der Waals surface area (Å²) in [5.74, 6) is -1.21. The molecule has 206 valence electrons. The number of hydrogen-bond acceptors (Lipinski definition) is 7. The van der Waals surface area contributed by atoms with E-state index >= 15 is 0 Å². The van der Waals surface area contributed by atoms with Crippen LogP contribution in [0.3, 0.4) is 0 Å². The van der Waals surface area contributed by atoms with Crippen LogP contribution in [0.15, 0.2) is 15.1 Å². The number of carbonyl (C=O) groups is 2. The zero-order chi connectivity index (χ0) is 27.3. The average molecular weight is 527 g/mol. The van der Waals surface area contributed by atoms with Gasteiger partial charge in [0.2, 0.25) is 11.8 Å². The number of methoxy groups -OCH3 is 1. The van der Waals surface area contributed by atoms with Crippen LogP contribution >= 0.6 is 0 Å². The highest BCUT2D eigenvalue weighted by molar-refractivity contribution is 6.16. The first kappa shape index (κ1) is 27.5. The van der Waals surface area contributed by atoms with Gasteiger partial charge < -0.3 is 15.0 Å². The predicted molar refractivity (Wildman–Crippen MR) is 133 cm³/mol. The fourth-order valence-corrected chi connectivity index (χ4v) is 6.22. The number of alkyl halides is 3. The van der Waals surface area contributed by atoms with Crippen molar-refractivity contribution in [3.63, 3.8) is 0 Å². The van der Waals surface area contributed by atoms with Crippen LogP contribution in [-0.2, 0) is 14.3 Å². The molecule has 4 aliphatic rings. The summed E-state index contributed by atoms with van der Waals surface area (Å²) in [6, 6.07) is -0.734. The van der Waals surface area contributed by atoms with E-state index in [2.05, 4.69) is 15.4 Å². The van der Waals surface area contributed by atoms with Gasteiger partial charge in [0, 0.05) is 31.5 Å². The van der Waals surface area contributed by atoms with E-state index in [4.69, 9.17) is 9.73 Å². The lowest BCUT2D eigenvalue weighted by molar-refractivity contribution is -0.146. The Labute approximate surface area is 215 Å². The summed E-state index contributed by atoms with van der Waals surface area (Å²) < 4.78 is 44.1. The van der Waals surface area contributed by atoms with Gasteiger partial charge in [-0.3, -0.25) is 24.6 Å². The molecule has 37 heavy (non-hydrogen) atoms. The molecule has 0 aromatic carbocycles. The second-order valence-electron chi connectivity index (χ2n) is 11.4. The number of nitrogens with one attached hydrogen (secondary N) is 1. The van der Waals surface area contributed by atoms with Crippen molar-refractivity contribution in [2.75, 3.05) is 20.2 Å². The number of aliphatic imine (C=N–C) groups is 2. The molecule has 1 fully saturated rings. The van der Waals surface area contributed by atoms with Gasteiger partial charge in [0.05, 0.1) is 41.7 Å². The molecule has 1 saturated heterocycles. The van der Waals surface area contributed by atoms with Crippen molar-refractivity contribution >= 4 is 30.0 Å². The summed E-state index contributed by atoms with van der Waals surface area (Å²) in [5.41, 5.74) is -0.0380. The van der Waals surface area contributed by atoms with Gasteiger partial charge in [-0.25, -0.2) is 0 Å². The molecule has 4 rings (SSSR count). The summed E-state index contributed by atoms with van der Waals surface area (Å²) in [6.45, 7) is 8.46. The first-order valence-corrected chi connectivity index (χ1v) is 12.9. The maximum atomic E-state index is 13.6. The number of ether oxygens (including phenoxy) is 1. The fraction of sp³-hybridized carbons (Fsp3) is 0.800. The maximum Gasteiger partial charge on any atom is 0.407 e. The Bertz CT molecular complexity index is 995. The average Bonchev–Trinajstić information content (AvgIpc) is 3.30. The first-order valence-electron chi connectivity index (χ1n) is 12.9. The second-order valence-corrected chi connectivity index (χ2v) is 11.4. The molecule has 2 amide bonds. The third kappa shape index (κ3) is 5.39. The van der Waals surface area contributed by atoms with Gasteiger partial charge in [-0.15, -0.1) is 0 Å². The zero-order valence-corrected chi connectivity index (χ0v) is 22.2. The van der Waals surface area contributed by atoms with Crippen molar-refractivity contribution in [1.29, 1.82) is 0 Å². The van der Waals surface area contributed by atoms with E-state index in [1.54, 1.807) is 4.90 Å². The number of hydrazone groups is 1. The summed E-state index contributed by atoms with van der Waals surface area (Å²) in [7, 11) is 1.54. The monoisotopic (exact) mass is 526 g/mol. The van der Waals surface area contributed by atoms with E-state index in [0.717, 1.165) is 10.7 Å². The van der Waals surface area contributed by atoms with Crippen LogP contribution < -0.4 is 5.32 Å². The van der Waals surface area contributed by atoms with Gasteiger partial charge in [-0.2, -0.15) is 18.3 Å². The minimum Gasteiger partial charge on any atom is -0.359 e. The predicted octanol–water partition coefficient (Wildman–Crippen LogP) is 2.51. The van der Waals surface area contributed by atoms with Gasteiger partial charge in [0.25, 0.3) is 0 Å². The molecule has 7 unspecified atom stereocenters. The molecule has 0 aromatic rings. The highest BCUT2D eigenvalue weighted by atomic mass is 19.4. The van der Waals surface area contributed by atoms with E-state index in [9.17, 15) is 22.8 Å². The van der Waals surface area contributed by atoms with Crippen LogP contribution in [0, 0.1) is 23.7 Å². The fourth-order valence-electron chi connectivity index (χ4n) is 6.22. The highest BCUT2D eigenvalue weighted by Gasteiger charge is 2.57. The molecular formula is C25H37F3N6O3. The van der Waals surface area contributed by atoms with Crippen molar-refractivity contribution < 1.29 is 27.5 Å². The highest BCUT2D eigenvalue weighted by Crippen LogP contribution is 2.44. The van der Waals surface area contributed by atoms with E-state index in [-0.39, 0.29) is 42.3 Å². The number of amides is 2. The molecule has 0 aromatic heterocycles. The van der Waals surface area contributed by atoms with Gasteiger partial charge in [0.15, 0.2) is 6.23 Å². The smallest absolute Gasteiger partial charge is 0.359 e. The molecule has 0 aliphatic carbocycles. The number of fused-ring (bicyclic) bond motifs is 1. The molecule has 4 heterocycles. The van der Waals surface area contributed by atoms with Crippen LogP contribution in [0.5, 0.6) is 0 Å². The van der Waals surface area contributed by atoms with E-state index in [1.165, 1.54) is 13.3 Å². The SMILES string of the molecule is COC1N=CC(C2CC(C)C3C(=O)N(C4C=NN(CC(F)(F)F)C4)C(C)(C)C3=N2)CC1C(=O)NC(C)C. The van der Waals surface area contributed by atoms with Gasteiger partial charge in [0.1, 0.15) is 6.54 Å². The first-order chi connectivity index (χ1) is 17.2. The summed E-state index contributed by atoms with van der Waals surface area (Å²) >= 11 is 0. The van der Waals surface area contributed by atoms with E-state index < -0.39 is 42.4 Å². The molecule has 4 aliphatic heterocycles. The molecule has 1 N–H and O–H groups in total. The Kier molecular flexibility index (Phi) is 7.44. The molecule has 7 atom stereocenters. The number of likely N-dealkylation sites (tertiary alicyclic amines) is 1. The Hall–Kier alpha value is -2.50. The number of carbonyl (C=O) groups excluding carboxylic acids is 2. The molecule has 0 bridgehead atoms. The molecule has 12 heteroatoms. The molecular weight excluding hydrogens is 489 g/mol. The number of rotatable bonds is 6. The Morgan fingerprint density at radius 2 is 1.97 bits per heavy atom. The van der Waals surface area contributed by atoms with Gasteiger partial charge in [-0.1, -0.05) is 6.92 Å². The lowest BCUT2D eigenvalue weighted by atomic mass is 9.74. The topological polar surface area (TPSA) is 99.0 Å². The van der Waals surface area contributed by atoms with Crippen molar-refractivity contribution in [2.24, 2.45) is 38.8 Å². The van der Waals surface area contributed by atoms with E-state index in [0.29, 0.717) is 12.8 Å². The third-order valence-electron chi connectivity index (χ3n) is 7.81. The van der Waals surface area contributed by atoms with Crippen molar-refractivity contribution in [3.8, 4) is 0 Å². The lowest BCUT2D eigenvalue weighted by Gasteiger charge is -2.38. The van der Waals surface area contributed by atoms with Crippen LogP contribution in [0.4, 0.5) is 13.2 Å². The Morgan fingerprint density at radius 3 is 2.59 bits per heavy atom. The van der Waals surface area contributed by atoms with Crippen LogP contribution in [0.2, 0.25) is 0 Å². The van der Waals surface area contributed by atoms with E-state index in [1.807, 2.05) is 40.8 Å². The van der Waals surface area contributed by atoms with Gasteiger partial charge >= 0.3 is 6.18 Å².